The molecule has 3 aliphatic rings. The van der Waals surface area contributed by atoms with Crippen LogP contribution in [0.15, 0.2) is 48.3 Å². The molecule has 2 aromatic carbocycles. The van der Waals surface area contributed by atoms with Gasteiger partial charge in [0.2, 0.25) is 15.9 Å². The molecule has 0 aromatic heterocycles. The number of primary sulfonamides is 1. The summed E-state index contributed by atoms with van der Waals surface area (Å²) in [5.41, 5.74) is 3.18. The maximum Gasteiger partial charge on any atom is 0.337 e. The average Bonchev–Trinajstić information content (AvgIpc) is 3.49. The van der Waals surface area contributed by atoms with Crippen LogP contribution in [0.1, 0.15) is 87.2 Å². The lowest BCUT2D eigenvalue weighted by Crippen LogP contribution is -2.54. The molecular formula is C39H54ClFN4O6S. The molecule has 52 heavy (non-hydrogen) atoms. The van der Waals surface area contributed by atoms with Crippen LogP contribution in [0.3, 0.4) is 0 Å². The monoisotopic (exact) mass is 760 g/mol. The zero-order valence-electron chi connectivity index (χ0n) is 30.9. The van der Waals surface area contributed by atoms with Crippen molar-refractivity contribution in [3.05, 3.63) is 70.0 Å². The molecule has 13 heteroatoms. The first-order valence-electron chi connectivity index (χ1n) is 18.6. The minimum absolute atomic E-state index is 0.130. The number of allylic oxidation sites excluding steroid dienone is 1. The molecule has 1 saturated heterocycles. The number of halogens is 2. The van der Waals surface area contributed by atoms with E-state index in [1.807, 2.05) is 43.0 Å². The van der Waals surface area contributed by atoms with E-state index < -0.39 is 33.8 Å². The molecule has 1 unspecified atom stereocenters. The standard InChI is InChI=1S/C39H54ClFN4O6S/c1-5-18-43(19-6-2)37(46)36(33(41)15-11-27(3)24-52(42,48)49)45-20-8-10-31(45)23-44-25-39(17-7-9-28-21-30(40)13-14-32(28)39)26-51-35-16-12-29(22-34(35)44)38(47)50-4/h12-16,21-22,27,31,36H,5-11,17-20,23-26H2,1-4H3,(H2,42,48,49)/b33-15-/t27-,31-,36?,39-/m0/s1. The number of benzene rings is 2. The summed E-state index contributed by atoms with van der Waals surface area (Å²) in [4.78, 5) is 33.1. The van der Waals surface area contributed by atoms with Gasteiger partial charge in [-0.25, -0.2) is 22.7 Å². The van der Waals surface area contributed by atoms with Crippen molar-refractivity contribution in [1.82, 2.24) is 9.80 Å². The molecule has 10 nitrogen and oxygen atoms in total. The van der Waals surface area contributed by atoms with Crippen LogP contribution < -0.4 is 14.8 Å². The van der Waals surface area contributed by atoms with Gasteiger partial charge in [0.05, 0.1) is 30.7 Å². The van der Waals surface area contributed by atoms with Crippen molar-refractivity contribution in [2.45, 2.75) is 89.6 Å². The summed E-state index contributed by atoms with van der Waals surface area (Å²) < 4.78 is 51.8. The fraction of sp³-hybridized carbons (Fsp3) is 0.590. The number of carbonyl (C=O) groups excluding carboxylic acids is 2. The number of fused-ring (bicyclic) bond motifs is 3. The van der Waals surface area contributed by atoms with Crippen LogP contribution in [-0.2, 0) is 31.4 Å². The second-order valence-corrected chi connectivity index (χ2v) is 16.9. The van der Waals surface area contributed by atoms with Crippen LogP contribution >= 0.6 is 11.6 Å². The number of nitrogens with zero attached hydrogens (tertiary/aromatic N) is 3. The molecule has 2 aliphatic heterocycles. The predicted octanol–water partition coefficient (Wildman–Crippen LogP) is 6.25. The first-order valence-corrected chi connectivity index (χ1v) is 20.7. The molecule has 2 aromatic rings. The van der Waals surface area contributed by atoms with Crippen molar-refractivity contribution in [2.24, 2.45) is 11.1 Å². The molecule has 1 aliphatic carbocycles. The van der Waals surface area contributed by atoms with E-state index in [1.54, 1.807) is 17.9 Å². The topological polar surface area (TPSA) is 122 Å². The molecule has 286 valence electrons. The zero-order valence-corrected chi connectivity index (χ0v) is 32.5. The molecule has 1 amide bonds. The van der Waals surface area contributed by atoms with Gasteiger partial charge in [-0.05, 0) is 105 Å². The normalized spacial score (nSPS) is 21.9. The highest BCUT2D eigenvalue weighted by molar-refractivity contribution is 7.89. The number of hydrogen-bond acceptors (Lipinski definition) is 8. The van der Waals surface area contributed by atoms with Gasteiger partial charge in [-0.2, -0.15) is 0 Å². The smallest absolute Gasteiger partial charge is 0.337 e. The van der Waals surface area contributed by atoms with Crippen LogP contribution in [0.5, 0.6) is 5.75 Å². The third-order valence-electron chi connectivity index (χ3n) is 10.7. The summed E-state index contributed by atoms with van der Waals surface area (Å²) in [5, 5.41) is 5.97. The highest BCUT2D eigenvalue weighted by atomic mass is 35.5. The zero-order chi connectivity index (χ0) is 37.6. The first-order chi connectivity index (χ1) is 24.8. The Kier molecular flexibility index (Phi) is 13.3. The Hall–Kier alpha value is -3.19. The third-order valence-corrected chi connectivity index (χ3v) is 11.9. The van der Waals surface area contributed by atoms with Gasteiger partial charge in [0.1, 0.15) is 17.6 Å². The fourth-order valence-electron chi connectivity index (χ4n) is 8.36. The lowest BCUT2D eigenvalue weighted by molar-refractivity contribution is -0.136. The van der Waals surface area contributed by atoms with Crippen molar-refractivity contribution in [2.75, 3.05) is 57.1 Å². The van der Waals surface area contributed by atoms with Crippen molar-refractivity contribution in [1.29, 1.82) is 0 Å². The van der Waals surface area contributed by atoms with Crippen molar-refractivity contribution < 1.29 is 31.9 Å². The number of aryl methyl sites for hydroxylation is 1. The quantitative estimate of drug-likeness (QED) is 0.225. The van der Waals surface area contributed by atoms with Gasteiger partial charge in [0.15, 0.2) is 0 Å². The maximum atomic E-state index is 16.6. The lowest BCUT2D eigenvalue weighted by atomic mass is 9.70. The largest absolute Gasteiger partial charge is 0.490 e. The van der Waals surface area contributed by atoms with Gasteiger partial charge >= 0.3 is 5.97 Å². The molecule has 5 rings (SSSR count). The minimum atomic E-state index is -3.74. The number of anilines is 1. The predicted molar refractivity (Wildman–Crippen MR) is 203 cm³/mol. The Balaban J connectivity index is 1.54. The molecule has 4 atom stereocenters. The van der Waals surface area contributed by atoms with Gasteiger partial charge in [0, 0.05) is 42.7 Å². The molecule has 0 radical (unpaired) electrons. The van der Waals surface area contributed by atoms with Crippen LogP contribution in [0.25, 0.3) is 0 Å². The molecule has 0 bridgehead atoms. The summed E-state index contributed by atoms with van der Waals surface area (Å²) in [6.07, 6.45) is 7.27. The first kappa shape index (κ1) is 40.0. The number of amides is 1. The Bertz CT molecular complexity index is 1730. The van der Waals surface area contributed by atoms with Gasteiger partial charge in [0.25, 0.3) is 0 Å². The number of ether oxygens (including phenoxy) is 2. The number of rotatable bonds is 14. The Morgan fingerprint density at radius 1 is 1.17 bits per heavy atom. The van der Waals surface area contributed by atoms with Gasteiger partial charge in [-0.1, -0.05) is 44.5 Å². The Morgan fingerprint density at radius 2 is 1.92 bits per heavy atom. The van der Waals surface area contributed by atoms with Crippen LogP contribution in [0.4, 0.5) is 10.1 Å². The molecule has 1 fully saturated rings. The lowest BCUT2D eigenvalue weighted by Gasteiger charge is -2.42. The van der Waals surface area contributed by atoms with Gasteiger partial charge in [-0.15, -0.1) is 0 Å². The SMILES string of the molecule is CCCN(CCC)C(=O)C(/C(F)=C/C[C@H](C)CS(N)(=O)=O)N1CCC[C@H]1CN1C[C@@]2(CCCc3cc(Cl)ccc32)COc2ccc(C(=O)OC)cc21. The number of esters is 1. The molecular weight excluding hydrogens is 707 g/mol. The summed E-state index contributed by atoms with van der Waals surface area (Å²) in [6, 6.07) is 10.1. The number of nitrogens with two attached hydrogens (primary N) is 1. The third kappa shape index (κ3) is 9.29. The Morgan fingerprint density at radius 3 is 2.62 bits per heavy atom. The number of methoxy groups -OCH3 is 1. The average molecular weight is 761 g/mol. The van der Waals surface area contributed by atoms with E-state index in [0.717, 1.165) is 50.6 Å². The summed E-state index contributed by atoms with van der Waals surface area (Å²) in [7, 11) is -2.38. The summed E-state index contributed by atoms with van der Waals surface area (Å²) in [6.45, 7) is 8.74. The maximum absolute atomic E-state index is 16.6. The van der Waals surface area contributed by atoms with E-state index in [2.05, 4.69) is 11.0 Å². The number of carbonyl (C=O) groups is 2. The van der Waals surface area contributed by atoms with Crippen LogP contribution in [-0.4, -0.2) is 94.4 Å². The highest BCUT2D eigenvalue weighted by Gasteiger charge is 2.45. The van der Waals surface area contributed by atoms with Gasteiger partial charge in [-0.3, -0.25) is 9.69 Å². The molecule has 0 saturated carbocycles. The molecule has 2 N–H and O–H groups in total. The van der Waals surface area contributed by atoms with Crippen LogP contribution in [0.2, 0.25) is 5.02 Å². The highest BCUT2D eigenvalue weighted by Crippen LogP contribution is 2.45. The fourth-order valence-corrected chi connectivity index (χ4v) is 9.48. The van der Waals surface area contributed by atoms with Gasteiger partial charge < -0.3 is 19.3 Å². The van der Waals surface area contributed by atoms with E-state index in [0.29, 0.717) is 55.7 Å². The van der Waals surface area contributed by atoms with E-state index in [9.17, 15) is 18.0 Å². The molecule has 1 spiro atoms. The van der Waals surface area contributed by atoms with E-state index in [4.69, 9.17) is 26.2 Å². The second-order valence-electron chi connectivity index (χ2n) is 14.8. The van der Waals surface area contributed by atoms with Crippen LogP contribution in [0, 0.1) is 5.92 Å². The van der Waals surface area contributed by atoms with E-state index in [1.165, 1.54) is 24.3 Å². The number of sulfonamides is 1. The van der Waals surface area contributed by atoms with Crippen molar-refractivity contribution >= 4 is 39.2 Å². The summed E-state index contributed by atoms with van der Waals surface area (Å²) >= 11 is 6.45. The Labute approximate surface area is 313 Å². The van der Waals surface area contributed by atoms with Crippen molar-refractivity contribution in [3.63, 3.8) is 0 Å². The van der Waals surface area contributed by atoms with E-state index in [-0.39, 0.29) is 29.5 Å². The number of hydrogen-bond donors (Lipinski definition) is 1. The summed E-state index contributed by atoms with van der Waals surface area (Å²) in [5.74, 6) is -1.36. The van der Waals surface area contributed by atoms with Crippen molar-refractivity contribution in [3.8, 4) is 5.75 Å². The minimum Gasteiger partial charge on any atom is -0.490 e. The second kappa shape index (κ2) is 17.3. The number of likely N-dealkylation sites (tertiary alicyclic amines) is 1. The van der Waals surface area contributed by atoms with E-state index >= 15 is 4.39 Å². The molecule has 2 heterocycles.